The van der Waals surface area contributed by atoms with Crippen molar-refractivity contribution in [3.8, 4) is 0 Å². The number of rotatable bonds is 3. The molecule has 0 spiro atoms. The SMILES string of the molecule is Cc1ccc(NCC(=O)N2C[C@@]3(C)C[C@@H]2CC(C)(C)C3)cc1F. The fourth-order valence-electron chi connectivity index (χ4n) is 4.73. The lowest BCUT2D eigenvalue weighted by molar-refractivity contribution is -0.130. The molecule has 3 nitrogen and oxygen atoms in total. The highest BCUT2D eigenvalue weighted by Gasteiger charge is 2.50. The average Bonchev–Trinajstić information content (AvgIpc) is 2.69. The number of amides is 1. The molecule has 0 aromatic heterocycles. The first kappa shape index (κ1) is 16.3. The van der Waals surface area contributed by atoms with Crippen LogP contribution in [-0.2, 0) is 4.79 Å². The number of nitrogens with zero attached hydrogens (tertiary/aromatic N) is 1. The van der Waals surface area contributed by atoms with Gasteiger partial charge in [-0.25, -0.2) is 4.39 Å². The number of benzene rings is 1. The molecule has 3 rings (SSSR count). The van der Waals surface area contributed by atoms with Crippen molar-refractivity contribution >= 4 is 11.6 Å². The maximum absolute atomic E-state index is 13.6. The molecule has 126 valence electrons. The lowest BCUT2D eigenvalue weighted by atomic mass is 9.65. The van der Waals surface area contributed by atoms with Crippen LogP contribution < -0.4 is 5.32 Å². The van der Waals surface area contributed by atoms with E-state index in [1.807, 2.05) is 11.0 Å². The van der Waals surface area contributed by atoms with E-state index in [0.29, 0.717) is 22.7 Å². The van der Waals surface area contributed by atoms with E-state index in [-0.39, 0.29) is 23.7 Å². The third kappa shape index (κ3) is 3.36. The van der Waals surface area contributed by atoms with Gasteiger partial charge in [0.1, 0.15) is 5.82 Å². The lowest BCUT2D eigenvalue weighted by Gasteiger charge is -2.39. The van der Waals surface area contributed by atoms with Crippen molar-refractivity contribution in [3.63, 3.8) is 0 Å². The second kappa shape index (κ2) is 5.50. The molecule has 1 aromatic carbocycles. The molecule has 2 bridgehead atoms. The zero-order valence-corrected chi connectivity index (χ0v) is 14.6. The summed E-state index contributed by atoms with van der Waals surface area (Å²) in [7, 11) is 0. The van der Waals surface area contributed by atoms with Crippen LogP contribution in [-0.4, -0.2) is 29.9 Å². The number of carbonyl (C=O) groups excluding carboxylic acids is 1. The van der Waals surface area contributed by atoms with Crippen molar-refractivity contribution in [1.29, 1.82) is 0 Å². The average molecular weight is 318 g/mol. The summed E-state index contributed by atoms with van der Waals surface area (Å²) in [5.41, 5.74) is 1.83. The van der Waals surface area contributed by atoms with Gasteiger partial charge in [0, 0.05) is 18.3 Å². The number of nitrogens with one attached hydrogen (secondary N) is 1. The zero-order chi connectivity index (χ0) is 16.8. The molecule has 2 aliphatic rings. The predicted molar refractivity (Wildman–Crippen MR) is 90.9 cm³/mol. The van der Waals surface area contributed by atoms with E-state index in [4.69, 9.17) is 0 Å². The Hall–Kier alpha value is -1.58. The van der Waals surface area contributed by atoms with E-state index in [0.717, 1.165) is 19.4 Å². The number of aryl methyl sites for hydroxylation is 1. The molecule has 1 saturated carbocycles. The summed E-state index contributed by atoms with van der Waals surface area (Å²) >= 11 is 0. The van der Waals surface area contributed by atoms with Gasteiger partial charge in [-0.2, -0.15) is 0 Å². The number of hydrogen-bond donors (Lipinski definition) is 1. The van der Waals surface area contributed by atoms with Crippen LogP contribution in [0, 0.1) is 23.6 Å². The quantitative estimate of drug-likeness (QED) is 0.914. The van der Waals surface area contributed by atoms with Gasteiger partial charge < -0.3 is 10.2 Å². The maximum atomic E-state index is 13.6. The zero-order valence-electron chi connectivity index (χ0n) is 14.6. The van der Waals surface area contributed by atoms with Gasteiger partial charge >= 0.3 is 0 Å². The highest BCUT2D eigenvalue weighted by atomic mass is 19.1. The van der Waals surface area contributed by atoms with E-state index >= 15 is 0 Å². The van der Waals surface area contributed by atoms with Crippen molar-refractivity contribution in [2.45, 2.75) is 53.0 Å². The Balaban J connectivity index is 1.64. The number of hydrogen-bond acceptors (Lipinski definition) is 2. The normalized spacial score (nSPS) is 28.7. The van der Waals surface area contributed by atoms with Crippen molar-refractivity contribution in [3.05, 3.63) is 29.6 Å². The fraction of sp³-hybridized carbons (Fsp3) is 0.632. The second-order valence-corrected chi connectivity index (χ2v) is 8.55. The molecule has 2 atom stereocenters. The van der Waals surface area contributed by atoms with Crippen molar-refractivity contribution in [2.24, 2.45) is 10.8 Å². The van der Waals surface area contributed by atoms with E-state index in [2.05, 4.69) is 26.1 Å². The molecule has 4 heteroatoms. The minimum absolute atomic E-state index is 0.123. The molecule has 1 saturated heterocycles. The topological polar surface area (TPSA) is 32.3 Å². The largest absolute Gasteiger partial charge is 0.376 e. The van der Waals surface area contributed by atoms with Gasteiger partial charge in [-0.3, -0.25) is 4.79 Å². The molecule has 0 unspecified atom stereocenters. The van der Waals surface area contributed by atoms with Crippen LogP contribution in [0.5, 0.6) is 0 Å². The lowest BCUT2D eigenvalue weighted by Crippen LogP contribution is -2.40. The van der Waals surface area contributed by atoms with E-state index in [9.17, 15) is 9.18 Å². The summed E-state index contributed by atoms with van der Waals surface area (Å²) in [6.07, 6.45) is 3.37. The number of fused-ring (bicyclic) bond motifs is 2. The number of likely N-dealkylation sites (tertiary alicyclic amines) is 1. The van der Waals surface area contributed by atoms with Crippen LogP contribution in [0.3, 0.4) is 0 Å². The maximum Gasteiger partial charge on any atom is 0.242 e. The minimum atomic E-state index is -0.242. The Labute approximate surface area is 138 Å². The van der Waals surface area contributed by atoms with Gasteiger partial charge in [-0.1, -0.05) is 26.8 Å². The van der Waals surface area contributed by atoms with Gasteiger partial charge in [-0.15, -0.1) is 0 Å². The third-order valence-corrected chi connectivity index (χ3v) is 5.35. The van der Waals surface area contributed by atoms with E-state index in [1.54, 1.807) is 13.0 Å². The van der Waals surface area contributed by atoms with Crippen LogP contribution in [0.15, 0.2) is 18.2 Å². The summed E-state index contributed by atoms with van der Waals surface area (Å²) < 4.78 is 13.6. The van der Waals surface area contributed by atoms with E-state index < -0.39 is 0 Å². The predicted octanol–water partition coefficient (Wildman–Crippen LogP) is 3.97. The first-order chi connectivity index (χ1) is 10.7. The highest BCUT2D eigenvalue weighted by Crippen LogP contribution is 2.52. The van der Waals surface area contributed by atoms with Crippen LogP contribution in [0.4, 0.5) is 10.1 Å². The molecule has 1 aromatic rings. The number of halogens is 1. The van der Waals surface area contributed by atoms with Gasteiger partial charge in [0.25, 0.3) is 0 Å². The number of carbonyl (C=O) groups is 1. The molecule has 1 aliphatic heterocycles. The number of anilines is 1. The highest BCUT2D eigenvalue weighted by molar-refractivity contribution is 5.81. The summed E-state index contributed by atoms with van der Waals surface area (Å²) in [4.78, 5) is 14.7. The Morgan fingerprint density at radius 3 is 2.78 bits per heavy atom. The minimum Gasteiger partial charge on any atom is -0.376 e. The molecule has 0 radical (unpaired) electrons. The monoisotopic (exact) mass is 318 g/mol. The molecular weight excluding hydrogens is 291 g/mol. The summed E-state index contributed by atoms with van der Waals surface area (Å²) in [5, 5.41) is 3.07. The molecule has 23 heavy (non-hydrogen) atoms. The molecule has 1 aliphatic carbocycles. The Morgan fingerprint density at radius 1 is 1.35 bits per heavy atom. The van der Waals surface area contributed by atoms with Crippen molar-refractivity contribution in [2.75, 3.05) is 18.4 Å². The Bertz CT molecular complexity index is 628. The van der Waals surface area contributed by atoms with Gasteiger partial charge in [-0.05, 0) is 54.7 Å². The molecule has 1 N–H and O–H groups in total. The Morgan fingerprint density at radius 2 is 2.09 bits per heavy atom. The van der Waals surface area contributed by atoms with Crippen LogP contribution >= 0.6 is 0 Å². The first-order valence-corrected chi connectivity index (χ1v) is 8.47. The van der Waals surface area contributed by atoms with Gasteiger partial charge in [0.15, 0.2) is 0 Å². The van der Waals surface area contributed by atoms with Crippen molar-refractivity contribution < 1.29 is 9.18 Å². The molecular formula is C19H27FN2O. The summed E-state index contributed by atoms with van der Waals surface area (Å²) in [5.74, 6) is -0.119. The van der Waals surface area contributed by atoms with Gasteiger partial charge in [0.05, 0.1) is 6.54 Å². The Kier molecular flexibility index (Phi) is 3.89. The van der Waals surface area contributed by atoms with Gasteiger partial charge in [0.2, 0.25) is 5.91 Å². The van der Waals surface area contributed by atoms with Crippen molar-refractivity contribution in [1.82, 2.24) is 4.90 Å². The smallest absolute Gasteiger partial charge is 0.242 e. The molecule has 1 heterocycles. The third-order valence-electron chi connectivity index (χ3n) is 5.35. The summed E-state index contributed by atoms with van der Waals surface area (Å²) in [6, 6.07) is 5.36. The van der Waals surface area contributed by atoms with Crippen LogP contribution in [0.2, 0.25) is 0 Å². The second-order valence-electron chi connectivity index (χ2n) is 8.55. The molecule has 1 amide bonds. The van der Waals surface area contributed by atoms with Crippen LogP contribution in [0.1, 0.15) is 45.6 Å². The van der Waals surface area contributed by atoms with E-state index in [1.165, 1.54) is 12.5 Å². The summed E-state index contributed by atoms with van der Waals surface area (Å²) in [6.45, 7) is 9.73. The first-order valence-electron chi connectivity index (χ1n) is 8.47. The fourth-order valence-corrected chi connectivity index (χ4v) is 4.73. The molecule has 2 fully saturated rings. The standard InChI is InChI=1S/C19H27FN2O/c1-13-5-6-14(7-16(13)20)21-10-17(23)22-12-19(4)9-15(22)8-18(2,3)11-19/h5-7,15,21H,8-12H2,1-4H3/t15-,19-/m0/s1. The van der Waals surface area contributed by atoms with Crippen LogP contribution in [0.25, 0.3) is 0 Å².